The van der Waals surface area contributed by atoms with Gasteiger partial charge in [-0.25, -0.2) is 4.79 Å². The topological polar surface area (TPSA) is 107 Å². The van der Waals surface area contributed by atoms with Gasteiger partial charge in [-0.1, -0.05) is 54.1 Å². The fraction of sp³-hybridized carbons (Fsp3) is 0.167. The third-order valence-corrected chi connectivity index (χ3v) is 5.50. The van der Waals surface area contributed by atoms with Gasteiger partial charge in [0.15, 0.2) is 5.58 Å². The van der Waals surface area contributed by atoms with Crippen molar-refractivity contribution in [2.45, 2.75) is 25.4 Å². The molecule has 0 aliphatic heterocycles. The van der Waals surface area contributed by atoms with Crippen LogP contribution in [0.4, 0.5) is 5.69 Å². The van der Waals surface area contributed by atoms with E-state index in [2.05, 4.69) is 5.32 Å². The monoisotopic (exact) mass is 465 g/mol. The van der Waals surface area contributed by atoms with Gasteiger partial charge >= 0.3 is 5.76 Å². The van der Waals surface area contributed by atoms with Gasteiger partial charge in [0, 0.05) is 24.1 Å². The summed E-state index contributed by atoms with van der Waals surface area (Å²) in [5.41, 5.74) is 2.22. The molecule has 1 aromatic heterocycles. The molecule has 168 valence electrons. The highest BCUT2D eigenvalue weighted by molar-refractivity contribution is 6.30. The van der Waals surface area contributed by atoms with Gasteiger partial charge in [-0.15, -0.1) is 0 Å². The van der Waals surface area contributed by atoms with Crippen molar-refractivity contribution in [2.75, 3.05) is 0 Å². The zero-order chi connectivity index (χ0) is 23.4. The van der Waals surface area contributed by atoms with Gasteiger partial charge in [0.1, 0.15) is 0 Å². The molecule has 0 saturated carbocycles. The van der Waals surface area contributed by atoms with Crippen LogP contribution in [0.3, 0.4) is 0 Å². The van der Waals surface area contributed by atoms with Gasteiger partial charge in [-0.2, -0.15) is 0 Å². The maximum absolute atomic E-state index is 12.8. The molecule has 0 spiro atoms. The SMILES string of the molecule is O=C(CCCn1c(=O)oc2cc([N+](=O)[O-])ccc21)NC(c1ccccc1)c1cccc(Cl)c1. The van der Waals surface area contributed by atoms with E-state index in [1.54, 1.807) is 6.07 Å². The first-order valence-corrected chi connectivity index (χ1v) is 10.7. The Kier molecular flexibility index (Phi) is 6.55. The van der Waals surface area contributed by atoms with E-state index in [4.69, 9.17) is 16.0 Å². The zero-order valence-electron chi connectivity index (χ0n) is 17.4. The fourth-order valence-electron chi connectivity index (χ4n) is 3.70. The highest BCUT2D eigenvalue weighted by Gasteiger charge is 2.18. The molecule has 0 aliphatic rings. The Labute approximate surface area is 193 Å². The molecule has 4 aromatic rings. The van der Waals surface area contributed by atoms with Crippen LogP contribution in [0.25, 0.3) is 11.1 Å². The number of nitrogens with one attached hydrogen (secondary N) is 1. The number of aryl methyl sites for hydroxylation is 1. The van der Waals surface area contributed by atoms with Crippen LogP contribution in [-0.2, 0) is 11.3 Å². The van der Waals surface area contributed by atoms with Gasteiger partial charge in [-0.3, -0.25) is 19.5 Å². The van der Waals surface area contributed by atoms with Crippen molar-refractivity contribution in [1.82, 2.24) is 9.88 Å². The number of nitro groups is 1. The highest BCUT2D eigenvalue weighted by Crippen LogP contribution is 2.25. The lowest BCUT2D eigenvalue weighted by molar-refractivity contribution is -0.384. The molecule has 3 aromatic carbocycles. The smallest absolute Gasteiger partial charge is 0.407 e. The maximum Gasteiger partial charge on any atom is 0.419 e. The molecular weight excluding hydrogens is 446 g/mol. The number of hydrogen-bond acceptors (Lipinski definition) is 5. The number of halogens is 1. The van der Waals surface area contributed by atoms with E-state index in [1.807, 2.05) is 48.5 Å². The molecule has 1 N–H and O–H groups in total. The first kappa shape index (κ1) is 22.3. The van der Waals surface area contributed by atoms with E-state index in [0.29, 0.717) is 17.0 Å². The number of carbonyl (C=O) groups excluding carboxylic acids is 1. The molecule has 4 rings (SSSR count). The van der Waals surface area contributed by atoms with Crippen molar-refractivity contribution < 1.29 is 14.1 Å². The summed E-state index contributed by atoms with van der Waals surface area (Å²) in [6, 6.07) is 20.5. The van der Waals surface area contributed by atoms with Crippen LogP contribution in [-0.4, -0.2) is 15.4 Å². The summed E-state index contributed by atoms with van der Waals surface area (Å²) >= 11 is 6.15. The molecule has 8 nitrogen and oxygen atoms in total. The molecular formula is C24H20ClN3O5. The van der Waals surface area contributed by atoms with Crippen LogP contribution in [0, 0.1) is 10.1 Å². The summed E-state index contributed by atoms with van der Waals surface area (Å²) in [6.45, 7) is 0.240. The first-order valence-electron chi connectivity index (χ1n) is 10.3. The largest absolute Gasteiger partial charge is 0.419 e. The van der Waals surface area contributed by atoms with Gasteiger partial charge in [-0.05, 0) is 35.7 Å². The molecule has 0 saturated heterocycles. The number of aromatic nitrogens is 1. The number of nitrogens with zero attached hydrogens (tertiary/aromatic N) is 2. The molecule has 1 unspecified atom stereocenters. The minimum absolute atomic E-state index is 0.142. The van der Waals surface area contributed by atoms with E-state index in [0.717, 1.165) is 11.1 Å². The number of amides is 1. The Balaban J connectivity index is 1.45. The number of nitro benzene ring substituents is 1. The van der Waals surface area contributed by atoms with Crippen LogP contribution < -0.4 is 11.1 Å². The zero-order valence-corrected chi connectivity index (χ0v) is 18.2. The third-order valence-electron chi connectivity index (χ3n) is 5.27. The molecule has 33 heavy (non-hydrogen) atoms. The van der Waals surface area contributed by atoms with Crippen molar-refractivity contribution in [1.29, 1.82) is 0 Å². The van der Waals surface area contributed by atoms with Crippen molar-refractivity contribution in [3.63, 3.8) is 0 Å². The van der Waals surface area contributed by atoms with Crippen LogP contribution in [0.5, 0.6) is 0 Å². The standard InChI is InChI=1S/C24H20ClN3O5/c25-18-9-4-8-17(14-18)23(16-6-2-1-3-7-16)26-22(29)10-5-13-27-20-12-11-19(28(31)32)15-21(20)33-24(27)30/h1-4,6-9,11-12,14-15,23H,5,10,13H2,(H,26,29). The van der Waals surface area contributed by atoms with Crippen molar-refractivity contribution in [3.05, 3.63) is 110 Å². The predicted octanol–water partition coefficient (Wildman–Crippen LogP) is 4.84. The van der Waals surface area contributed by atoms with Gasteiger partial charge in [0.05, 0.1) is 22.5 Å². The predicted molar refractivity (Wildman–Crippen MR) is 124 cm³/mol. The molecule has 1 atom stereocenters. The number of rotatable bonds is 8. The average molecular weight is 466 g/mol. The minimum atomic E-state index is -0.619. The molecule has 1 heterocycles. The van der Waals surface area contributed by atoms with Crippen molar-refractivity contribution in [3.8, 4) is 0 Å². The number of carbonyl (C=O) groups is 1. The van der Waals surface area contributed by atoms with E-state index < -0.39 is 10.7 Å². The molecule has 9 heteroatoms. The first-order chi connectivity index (χ1) is 15.9. The van der Waals surface area contributed by atoms with E-state index in [1.165, 1.54) is 22.8 Å². The number of fused-ring (bicyclic) bond motifs is 1. The summed E-state index contributed by atoms with van der Waals surface area (Å²) in [6.07, 6.45) is 0.560. The number of benzene rings is 3. The summed E-state index contributed by atoms with van der Waals surface area (Å²) in [5, 5.41) is 14.5. The van der Waals surface area contributed by atoms with Crippen molar-refractivity contribution >= 4 is 34.3 Å². The Morgan fingerprint density at radius 3 is 2.55 bits per heavy atom. The lowest BCUT2D eigenvalue weighted by Crippen LogP contribution is -2.29. The summed E-state index contributed by atoms with van der Waals surface area (Å²) in [4.78, 5) is 35.3. The van der Waals surface area contributed by atoms with Crippen LogP contribution in [0.1, 0.15) is 30.0 Å². The second-order valence-electron chi connectivity index (χ2n) is 7.50. The lowest BCUT2D eigenvalue weighted by atomic mass is 9.98. The Morgan fingerprint density at radius 2 is 1.82 bits per heavy atom. The molecule has 0 aliphatic carbocycles. The average Bonchev–Trinajstić information content (AvgIpc) is 3.12. The number of oxazole rings is 1. The van der Waals surface area contributed by atoms with E-state index in [9.17, 15) is 19.7 Å². The summed E-state index contributed by atoms with van der Waals surface area (Å²) in [5.74, 6) is -0.799. The Bertz CT molecular complexity index is 1360. The summed E-state index contributed by atoms with van der Waals surface area (Å²) in [7, 11) is 0. The van der Waals surface area contributed by atoms with E-state index in [-0.39, 0.29) is 36.2 Å². The van der Waals surface area contributed by atoms with Gasteiger partial charge < -0.3 is 9.73 Å². The maximum atomic E-state index is 12.8. The van der Waals surface area contributed by atoms with Crippen LogP contribution in [0.2, 0.25) is 5.02 Å². The lowest BCUT2D eigenvalue weighted by Gasteiger charge is -2.20. The molecule has 0 radical (unpaired) electrons. The quantitative estimate of drug-likeness (QED) is 0.296. The molecule has 1 amide bonds. The Morgan fingerprint density at radius 1 is 1.06 bits per heavy atom. The normalized spacial score (nSPS) is 11.9. The number of hydrogen-bond donors (Lipinski definition) is 1. The highest BCUT2D eigenvalue weighted by atomic mass is 35.5. The second kappa shape index (κ2) is 9.70. The van der Waals surface area contributed by atoms with Crippen LogP contribution in [0.15, 0.2) is 82.0 Å². The second-order valence-corrected chi connectivity index (χ2v) is 7.93. The molecule has 0 fully saturated rings. The van der Waals surface area contributed by atoms with E-state index >= 15 is 0 Å². The van der Waals surface area contributed by atoms with Gasteiger partial charge in [0.2, 0.25) is 5.91 Å². The molecule has 0 bridgehead atoms. The van der Waals surface area contributed by atoms with Crippen LogP contribution >= 0.6 is 11.6 Å². The Hall–Kier alpha value is -3.91. The third kappa shape index (κ3) is 5.12. The number of non-ortho nitro benzene ring substituents is 1. The van der Waals surface area contributed by atoms with Gasteiger partial charge in [0.25, 0.3) is 5.69 Å². The van der Waals surface area contributed by atoms with Crippen molar-refractivity contribution in [2.24, 2.45) is 0 Å². The summed E-state index contributed by atoms with van der Waals surface area (Å²) < 4.78 is 6.50. The fourth-order valence-corrected chi connectivity index (χ4v) is 3.90. The minimum Gasteiger partial charge on any atom is -0.407 e.